The minimum atomic E-state index is -1.13. The highest BCUT2D eigenvalue weighted by atomic mass is 16.4. The van der Waals surface area contributed by atoms with Crippen LogP contribution in [-0.4, -0.2) is 46.0 Å². The van der Waals surface area contributed by atoms with Crippen LogP contribution in [0, 0.1) is 11.8 Å². The Hall–Kier alpha value is -4.72. The second kappa shape index (κ2) is 11.6. The van der Waals surface area contributed by atoms with E-state index in [9.17, 15) is 29.4 Å². The molecule has 8 heteroatoms. The van der Waals surface area contributed by atoms with E-state index in [-0.39, 0.29) is 35.0 Å². The Bertz CT molecular complexity index is 1880. The summed E-state index contributed by atoms with van der Waals surface area (Å²) >= 11 is 0. The second-order valence-electron chi connectivity index (χ2n) is 13.6. The first-order chi connectivity index (χ1) is 22.1. The molecule has 0 radical (unpaired) electrons. The van der Waals surface area contributed by atoms with Crippen LogP contribution in [0.4, 0.5) is 0 Å². The zero-order valence-corrected chi connectivity index (χ0v) is 26.1. The molecule has 0 aliphatic heterocycles. The first-order valence-corrected chi connectivity index (χ1v) is 16.4. The predicted molar refractivity (Wildman–Crippen MR) is 179 cm³/mol. The van der Waals surface area contributed by atoms with Gasteiger partial charge in [0.2, 0.25) is 0 Å². The molecule has 7 rings (SSSR count). The van der Waals surface area contributed by atoms with E-state index in [1.54, 1.807) is 24.3 Å². The highest BCUT2D eigenvalue weighted by Gasteiger charge is 2.28. The van der Waals surface area contributed by atoms with E-state index in [1.807, 2.05) is 12.1 Å². The Morgan fingerprint density at radius 1 is 0.478 bits per heavy atom. The summed E-state index contributed by atoms with van der Waals surface area (Å²) < 4.78 is 0. The van der Waals surface area contributed by atoms with E-state index in [0.717, 1.165) is 51.4 Å². The normalized spacial score (nSPS) is 22.0. The minimum absolute atomic E-state index is 0.0302. The molecule has 46 heavy (non-hydrogen) atoms. The standard InChI is InChI=1S/C38H38N2O6/c1-19-3-7-21(8-4-19)39-35(41)27-15-11-23-26-14-18-30(38(45)46)34-28(36(42)40-22-9-5-20(2)6-10-22)16-12-24(32(26)34)25-13-17-29(37(43)44)33(27)31(23)25/h11-22H,3-10H2,1-2H3,(H,39,41)(H,40,42)(H,43,44)(H,45,46). The lowest BCUT2D eigenvalue weighted by Crippen LogP contribution is -2.37. The quantitative estimate of drug-likeness (QED) is 0.114. The van der Waals surface area contributed by atoms with Crippen molar-refractivity contribution in [2.75, 3.05) is 0 Å². The van der Waals surface area contributed by atoms with Crippen LogP contribution in [0.2, 0.25) is 0 Å². The molecule has 0 heterocycles. The summed E-state index contributed by atoms with van der Waals surface area (Å²) in [4.78, 5) is 52.6. The number of nitrogens with one attached hydrogen (secondary N) is 2. The molecule has 0 saturated heterocycles. The van der Waals surface area contributed by atoms with Crippen LogP contribution < -0.4 is 10.6 Å². The van der Waals surface area contributed by atoms with Crippen LogP contribution in [0.3, 0.4) is 0 Å². The summed E-state index contributed by atoms with van der Waals surface area (Å²) in [6, 6.07) is 13.6. The molecule has 0 unspecified atom stereocenters. The molecular weight excluding hydrogens is 580 g/mol. The zero-order chi connectivity index (χ0) is 32.3. The Balaban J connectivity index is 1.44. The molecule has 4 N–H and O–H groups in total. The molecule has 236 valence electrons. The van der Waals surface area contributed by atoms with Gasteiger partial charge in [0.15, 0.2) is 0 Å². The van der Waals surface area contributed by atoms with Crippen LogP contribution in [0.1, 0.15) is 107 Å². The highest BCUT2D eigenvalue weighted by molar-refractivity contribution is 6.38. The Morgan fingerprint density at radius 2 is 0.783 bits per heavy atom. The van der Waals surface area contributed by atoms with Crippen molar-refractivity contribution in [1.82, 2.24) is 10.6 Å². The number of hydrogen-bond acceptors (Lipinski definition) is 4. The fraction of sp³-hybridized carbons (Fsp3) is 0.368. The molecule has 2 saturated carbocycles. The molecule has 0 atom stereocenters. The third kappa shape index (κ3) is 5.00. The summed E-state index contributed by atoms with van der Waals surface area (Å²) in [6.45, 7) is 4.43. The molecule has 0 bridgehead atoms. The number of fused-ring (bicyclic) bond motifs is 2. The van der Waals surface area contributed by atoms with Gasteiger partial charge in [-0.25, -0.2) is 9.59 Å². The van der Waals surface area contributed by atoms with Gasteiger partial charge in [0.1, 0.15) is 0 Å². The van der Waals surface area contributed by atoms with Gasteiger partial charge in [-0.1, -0.05) is 38.1 Å². The van der Waals surface area contributed by atoms with Crippen molar-refractivity contribution in [3.8, 4) is 0 Å². The number of benzene rings is 5. The molecule has 0 aromatic heterocycles. The van der Waals surface area contributed by atoms with Gasteiger partial charge in [-0.3, -0.25) is 9.59 Å². The van der Waals surface area contributed by atoms with E-state index in [4.69, 9.17) is 0 Å². The number of hydrogen-bond donors (Lipinski definition) is 4. The topological polar surface area (TPSA) is 133 Å². The molecule has 0 spiro atoms. The Labute approximate surface area is 266 Å². The molecule has 8 nitrogen and oxygen atoms in total. The van der Waals surface area contributed by atoms with Crippen LogP contribution >= 0.6 is 0 Å². The van der Waals surface area contributed by atoms with Crippen molar-refractivity contribution < 1.29 is 29.4 Å². The van der Waals surface area contributed by atoms with Crippen LogP contribution in [0.25, 0.3) is 43.1 Å². The van der Waals surface area contributed by atoms with E-state index in [1.165, 1.54) is 12.1 Å². The summed E-state index contributed by atoms with van der Waals surface area (Å²) in [5, 5.41) is 31.6. The Morgan fingerprint density at radius 3 is 1.09 bits per heavy atom. The lowest BCUT2D eigenvalue weighted by atomic mass is 9.83. The van der Waals surface area contributed by atoms with Crippen molar-refractivity contribution in [3.63, 3.8) is 0 Å². The fourth-order valence-electron chi connectivity index (χ4n) is 7.96. The van der Waals surface area contributed by atoms with Gasteiger partial charge >= 0.3 is 11.9 Å². The summed E-state index contributed by atoms with van der Waals surface area (Å²) in [5.41, 5.74) is 0.665. The number of carboxylic acids is 2. The van der Waals surface area contributed by atoms with Gasteiger partial charge in [-0.05, 0) is 120 Å². The van der Waals surface area contributed by atoms with Gasteiger partial charge in [0, 0.05) is 34.0 Å². The van der Waals surface area contributed by atoms with E-state index < -0.39 is 11.9 Å². The van der Waals surface area contributed by atoms with Crippen LogP contribution in [0.15, 0.2) is 48.5 Å². The number of aromatic carboxylic acids is 2. The van der Waals surface area contributed by atoms with Crippen LogP contribution in [-0.2, 0) is 0 Å². The molecule has 5 aromatic carbocycles. The predicted octanol–water partition coefficient (Wildman–Crippen LogP) is 7.75. The lowest BCUT2D eigenvalue weighted by molar-refractivity contribution is 0.0688. The number of amides is 2. The third-order valence-corrected chi connectivity index (χ3v) is 10.6. The van der Waals surface area contributed by atoms with Gasteiger partial charge < -0.3 is 20.8 Å². The van der Waals surface area contributed by atoms with Gasteiger partial charge in [-0.2, -0.15) is 0 Å². The van der Waals surface area contributed by atoms with Crippen molar-refractivity contribution in [2.45, 2.75) is 77.3 Å². The molecule has 5 aromatic rings. The zero-order valence-electron chi connectivity index (χ0n) is 26.1. The van der Waals surface area contributed by atoms with Crippen molar-refractivity contribution in [1.29, 1.82) is 0 Å². The lowest BCUT2D eigenvalue weighted by Gasteiger charge is -2.27. The molecular formula is C38H38N2O6. The summed E-state index contributed by atoms with van der Waals surface area (Å²) in [7, 11) is 0. The number of carboxylic acid groups (broad SMARTS) is 2. The number of rotatable bonds is 6. The van der Waals surface area contributed by atoms with E-state index >= 15 is 0 Å². The highest BCUT2D eigenvalue weighted by Crippen LogP contribution is 2.44. The average molecular weight is 619 g/mol. The largest absolute Gasteiger partial charge is 0.478 e. The SMILES string of the molecule is CC1CCC(NC(=O)c2ccc3c4ccc(C(=O)O)c5c(C(=O)NC6CCC(C)CC6)ccc(c6ccc(C(=O)O)c2c63)c54)CC1. The van der Waals surface area contributed by atoms with Gasteiger partial charge in [-0.15, -0.1) is 0 Å². The summed E-state index contributed by atoms with van der Waals surface area (Å²) in [5.74, 6) is -1.62. The fourth-order valence-corrected chi connectivity index (χ4v) is 7.96. The molecule has 2 aliphatic rings. The first kappa shape index (κ1) is 30.0. The molecule has 2 aliphatic carbocycles. The second-order valence-corrected chi connectivity index (χ2v) is 13.6. The average Bonchev–Trinajstić information content (AvgIpc) is 3.04. The molecule has 2 amide bonds. The van der Waals surface area contributed by atoms with Crippen molar-refractivity contribution >= 4 is 66.8 Å². The minimum Gasteiger partial charge on any atom is -0.478 e. The van der Waals surface area contributed by atoms with Crippen LogP contribution in [0.5, 0.6) is 0 Å². The molecule has 2 fully saturated rings. The smallest absolute Gasteiger partial charge is 0.336 e. The maximum atomic E-state index is 13.8. The van der Waals surface area contributed by atoms with E-state index in [2.05, 4.69) is 24.5 Å². The van der Waals surface area contributed by atoms with Crippen molar-refractivity contribution in [3.05, 3.63) is 70.8 Å². The maximum Gasteiger partial charge on any atom is 0.336 e. The first-order valence-electron chi connectivity index (χ1n) is 16.4. The van der Waals surface area contributed by atoms with Gasteiger partial charge in [0.05, 0.1) is 11.1 Å². The Kier molecular flexibility index (Phi) is 7.54. The maximum absolute atomic E-state index is 13.8. The number of carbonyl (C=O) groups excluding carboxylic acids is 2. The number of carbonyl (C=O) groups is 4. The van der Waals surface area contributed by atoms with Gasteiger partial charge in [0.25, 0.3) is 11.8 Å². The van der Waals surface area contributed by atoms with E-state index in [0.29, 0.717) is 66.1 Å². The monoisotopic (exact) mass is 618 g/mol. The third-order valence-electron chi connectivity index (χ3n) is 10.6. The summed E-state index contributed by atoms with van der Waals surface area (Å²) in [6.07, 6.45) is 7.69. The van der Waals surface area contributed by atoms with Crippen molar-refractivity contribution in [2.24, 2.45) is 11.8 Å².